The molecular weight excluding hydrogens is 302 g/mol. The number of rotatable bonds is 5. The summed E-state index contributed by atoms with van der Waals surface area (Å²) in [5.41, 5.74) is 0. The highest BCUT2D eigenvalue weighted by Crippen LogP contribution is 2.28. The van der Waals surface area contributed by atoms with Gasteiger partial charge < -0.3 is 15.1 Å². The molecule has 1 saturated heterocycles. The van der Waals surface area contributed by atoms with Crippen LogP contribution in [-0.4, -0.2) is 61.4 Å². The molecule has 6 heteroatoms. The number of carbonyl (C=O) groups excluding carboxylic acids is 2. The number of hydrogen-bond acceptors (Lipinski definition) is 3. The molecule has 0 aromatic rings. The van der Waals surface area contributed by atoms with Crippen molar-refractivity contribution in [2.24, 2.45) is 5.92 Å². The van der Waals surface area contributed by atoms with Gasteiger partial charge in [-0.05, 0) is 32.2 Å². The Hall–Kier alpha value is -0.810. The minimum Gasteiger partial charge on any atom is -0.341 e. The van der Waals surface area contributed by atoms with Crippen LogP contribution in [0.25, 0.3) is 0 Å². The molecule has 1 aliphatic heterocycles. The highest BCUT2D eigenvalue weighted by Gasteiger charge is 2.25. The zero-order valence-corrected chi connectivity index (χ0v) is 14.5. The van der Waals surface area contributed by atoms with E-state index in [1.54, 1.807) is 0 Å². The van der Waals surface area contributed by atoms with Gasteiger partial charge in [0.1, 0.15) is 0 Å². The van der Waals surface area contributed by atoms with Gasteiger partial charge in [0.25, 0.3) is 0 Å². The van der Waals surface area contributed by atoms with Crippen LogP contribution in [-0.2, 0) is 9.59 Å². The number of nitrogens with zero attached hydrogens (tertiary/aromatic N) is 2. The first-order chi connectivity index (χ1) is 10.2. The van der Waals surface area contributed by atoms with Crippen molar-refractivity contribution >= 4 is 24.2 Å². The SMILES string of the molecule is CNCCC(=O)N1CCCN(C(=O)CC2CCCC2)CC1.Cl. The predicted octanol–water partition coefficient (Wildman–Crippen LogP) is 1.66. The molecule has 5 nitrogen and oxygen atoms in total. The Morgan fingerprint density at radius 3 is 2.14 bits per heavy atom. The van der Waals surface area contributed by atoms with Crippen molar-refractivity contribution < 1.29 is 9.59 Å². The van der Waals surface area contributed by atoms with Gasteiger partial charge in [-0.2, -0.15) is 0 Å². The van der Waals surface area contributed by atoms with Crippen molar-refractivity contribution in [2.75, 3.05) is 39.8 Å². The van der Waals surface area contributed by atoms with E-state index < -0.39 is 0 Å². The van der Waals surface area contributed by atoms with E-state index in [1.807, 2.05) is 16.8 Å². The number of nitrogens with one attached hydrogen (secondary N) is 1. The lowest BCUT2D eigenvalue weighted by Crippen LogP contribution is -2.38. The fourth-order valence-corrected chi connectivity index (χ4v) is 3.40. The molecule has 0 spiro atoms. The molecule has 22 heavy (non-hydrogen) atoms. The van der Waals surface area contributed by atoms with Crippen LogP contribution in [0.1, 0.15) is 44.9 Å². The van der Waals surface area contributed by atoms with Crippen molar-refractivity contribution in [2.45, 2.75) is 44.9 Å². The van der Waals surface area contributed by atoms with Crippen molar-refractivity contribution in [1.29, 1.82) is 0 Å². The molecule has 1 aliphatic carbocycles. The monoisotopic (exact) mass is 331 g/mol. The molecule has 0 bridgehead atoms. The summed E-state index contributed by atoms with van der Waals surface area (Å²) < 4.78 is 0. The summed E-state index contributed by atoms with van der Waals surface area (Å²) in [6.45, 7) is 3.71. The maximum absolute atomic E-state index is 12.4. The average Bonchev–Trinajstić information content (AvgIpc) is 2.86. The van der Waals surface area contributed by atoms with Crippen molar-refractivity contribution in [3.63, 3.8) is 0 Å². The third kappa shape index (κ3) is 5.76. The number of carbonyl (C=O) groups is 2. The van der Waals surface area contributed by atoms with Crippen molar-refractivity contribution in [3.8, 4) is 0 Å². The van der Waals surface area contributed by atoms with Crippen LogP contribution >= 0.6 is 12.4 Å². The normalized spacial score (nSPS) is 19.7. The third-order valence-corrected chi connectivity index (χ3v) is 4.73. The Morgan fingerprint density at radius 1 is 0.955 bits per heavy atom. The molecule has 2 amide bonds. The molecule has 0 aromatic carbocycles. The van der Waals surface area contributed by atoms with Crippen LogP contribution < -0.4 is 5.32 Å². The van der Waals surface area contributed by atoms with E-state index in [-0.39, 0.29) is 18.3 Å². The summed E-state index contributed by atoms with van der Waals surface area (Å²) in [5.74, 6) is 1.11. The van der Waals surface area contributed by atoms with Gasteiger partial charge >= 0.3 is 0 Å². The topological polar surface area (TPSA) is 52.7 Å². The van der Waals surface area contributed by atoms with Gasteiger partial charge in [0.2, 0.25) is 11.8 Å². The molecule has 2 aliphatic rings. The Labute approximate surface area is 140 Å². The molecule has 0 aromatic heterocycles. The lowest BCUT2D eigenvalue weighted by molar-refractivity contribution is -0.134. The van der Waals surface area contributed by atoms with Gasteiger partial charge in [-0.1, -0.05) is 12.8 Å². The first kappa shape index (κ1) is 19.2. The fraction of sp³-hybridized carbons (Fsp3) is 0.875. The molecular formula is C16H30ClN3O2. The second kappa shape index (κ2) is 10.1. The van der Waals surface area contributed by atoms with E-state index in [0.717, 1.165) is 26.1 Å². The standard InChI is InChI=1S/C16H29N3O2.ClH/c1-17-8-7-15(20)18-9-4-10-19(12-11-18)16(21)13-14-5-2-3-6-14;/h14,17H,2-13H2,1H3;1H. The van der Waals surface area contributed by atoms with Crippen LogP contribution in [0.3, 0.4) is 0 Å². The van der Waals surface area contributed by atoms with Crippen LogP contribution in [0, 0.1) is 5.92 Å². The highest BCUT2D eigenvalue weighted by molar-refractivity contribution is 5.85. The molecule has 128 valence electrons. The van der Waals surface area contributed by atoms with E-state index in [2.05, 4.69) is 5.32 Å². The van der Waals surface area contributed by atoms with Gasteiger partial charge in [0.15, 0.2) is 0 Å². The Kier molecular flexibility index (Phi) is 8.79. The van der Waals surface area contributed by atoms with E-state index in [1.165, 1.54) is 25.7 Å². The molecule has 1 N–H and O–H groups in total. The lowest BCUT2D eigenvalue weighted by atomic mass is 10.0. The lowest BCUT2D eigenvalue weighted by Gasteiger charge is -2.23. The minimum absolute atomic E-state index is 0. The van der Waals surface area contributed by atoms with Crippen LogP contribution in [0.15, 0.2) is 0 Å². The summed E-state index contributed by atoms with van der Waals surface area (Å²) in [4.78, 5) is 28.3. The van der Waals surface area contributed by atoms with E-state index in [4.69, 9.17) is 0 Å². The molecule has 0 atom stereocenters. The summed E-state index contributed by atoms with van der Waals surface area (Å²) in [5, 5.41) is 3.01. The molecule has 2 fully saturated rings. The Balaban J connectivity index is 0.00000242. The van der Waals surface area contributed by atoms with E-state index in [0.29, 0.717) is 37.8 Å². The van der Waals surface area contributed by atoms with Gasteiger partial charge in [-0.3, -0.25) is 9.59 Å². The molecule has 0 radical (unpaired) electrons. The third-order valence-electron chi connectivity index (χ3n) is 4.73. The second-order valence-corrected chi connectivity index (χ2v) is 6.32. The summed E-state index contributed by atoms with van der Waals surface area (Å²) >= 11 is 0. The average molecular weight is 332 g/mol. The zero-order valence-electron chi connectivity index (χ0n) is 13.7. The number of amides is 2. The molecule has 0 unspecified atom stereocenters. The first-order valence-corrected chi connectivity index (χ1v) is 8.41. The van der Waals surface area contributed by atoms with Crippen molar-refractivity contribution in [3.05, 3.63) is 0 Å². The van der Waals surface area contributed by atoms with Crippen LogP contribution in [0.5, 0.6) is 0 Å². The van der Waals surface area contributed by atoms with Crippen LogP contribution in [0.2, 0.25) is 0 Å². The van der Waals surface area contributed by atoms with E-state index >= 15 is 0 Å². The van der Waals surface area contributed by atoms with E-state index in [9.17, 15) is 9.59 Å². The molecule has 1 heterocycles. The smallest absolute Gasteiger partial charge is 0.223 e. The highest BCUT2D eigenvalue weighted by atomic mass is 35.5. The quantitative estimate of drug-likeness (QED) is 0.833. The maximum Gasteiger partial charge on any atom is 0.223 e. The summed E-state index contributed by atoms with van der Waals surface area (Å²) in [6, 6.07) is 0. The second-order valence-electron chi connectivity index (χ2n) is 6.32. The predicted molar refractivity (Wildman–Crippen MR) is 90.1 cm³/mol. The zero-order chi connectivity index (χ0) is 15.1. The number of halogens is 1. The van der Waals surface area contributed by atoms with Crippen molar-refractivity contribution in [1.82, 2.24) is 15.1 Å². The Bertz CT molecular complexity index is 359. The maximum atomic E-state index is 12.4. The molecule has 2 rings (SSSR count). The number of hydrogen-bond donors (Lipinski definition) is 1. The minimum atomic E-state index is 0. The van der Waals surface area contributed by atoms with Gasteiger partial charge in [0, 0.05) is 45.6 Å². The van der Waals surface area contributed by atoms with Gasteiger partial charge in [-0.25, -0.2) is 0 Å². The molecule has 1 saturated carbocycles. The fourth-order valence-electron chi connectivity index (χ4n) is 3.40. The van der Waals surface area contributed by atoms with Crippen LogP contribution in [0.4, 0.5) is 0 Å². The first-order valence-electron chi connectivity index (χ1n) is 8.41. The Morgan fingerprint density at radius 2 is 1.55 bits per heavy atom. The summed E-state index contributed by atoms with van der Waals surface area (Å²) in [6.07, 6.45) is 7.17. The summed E-state index contributed by atoms with van der Waals surface area (Å²) in [7, 11) is 1.86. The van der Waals surface area contributed by atoms with Gasteiger partial charge in [-0.15, -0.1) is 12.4 Å². The largest absolute Gasteiger partial charge is 0.341 e. The van der Waals surface area contributed by atoms with Gasteiger partial charge in [0.05, 0.1) is 0 Å².